The fourth-order valence-corrected chi connectivity index (χ4v) is 1.52. The molecular formula is C16H17NO. The number of nitrogens with zero attached hydrogens (tertiary/aromatic N) is 1. The topological polar surface area (TPSA) is 20.3 Å². The SMILES string of the molecule is C#CC#CCC/C=C/C=C/C(=O)N1C=CCCC1. The number of amides is 1. The van der Waals surface area contributed by atoms with E-state index in [0.29, 0.717) is 0 Å². The van der Waals surface area contributed by atoms with Crippen molar-refractivity contribution in [1.82, 2.24) is 4.90 Å². The second kappa shape index (κ2) is 8.90. The van der Waals surface area contributed by atoms with Crippen molar-refractivity contribution < 1.29 is 4.79 Å². The Bertz CT molecular complexity index is 452. The van der Waals surface area contributed by atoms with Gasteiger partial charge in [0.05, 0.1) is 0 Å². The fourth-order valence-electron chi connectivity index (χ4n) is 1.52. The van der Waals surface area contributed by atoms with Crippen molar-refractivity contribution in [2.75, 3.05) is 6.54 Å². The lowest BCUT2D eigenvalue weighted by molar-refractivity contribution is -0.123. The summed E-state index contributed by atoms with van der Waals surface area (Å²) in [6, 6.07) is 0. The monoisotopic (exact) mass is 239 g/mol. The summed E-state index contributed by atoms with van der Waals surface area (Å²) < 4.78 is 0. The molecule has 0 spiro atoms. The van der Waals surface area contributed by atoms with Gasteiger partial charge in [0.15, 0.2) is 0 Å². The average molecular weight is 239 g/mol. The maximum Gasteiger partial charge on any atom is 0.250 e. The Kier molecular flexibility index (Phi) is 6.86. The van der Waals surface area contributed by atoms with Crippen LogP contribution in [0.1, 0.15) is 25.7 Å². The normalized spacial score (nSPS) is 14.5. The first-order valence-electron chi connectivity index (χ1n) is 6.08. The van der Waals surface area contributed by atoms with E-state index in [2.05, 4.69) is 17.8 Å². The number of carbonyl (C=O) groups is 1. The smallest absolute Gasteiger partial charge is 0.250 e. The quantitative estimate of drug-likeness (QED) is 0.320. The van der Waals surface area contributed by atoms with Crippen LogP contribution in [0.25, 0.3) is 0 Å². The Morgan fingerprint density at radius 2 is 2.33 bits per heavy atom. The van der Waals surface area contributed by atoms with Crippen LogP contribution in [0.5, 0.6) is 0 Å². The first kappa shape index (κ1) is 13.9. The molecule has 0 atom stereocenters. The molecule has 0 aliphatic carbocycles. The molecule has 0 saturated carbocycles. The molecule has 0 bridgehead atoms. The van der Waals surface area contributed by atoms with Gasteiger partial charge in [-0.05, 0) is 31.1 Å². The van der Waals surface area contributed by atoms with Gasteiger partial charge in [-0.2, -0.15) is 0 Å². The van der Waals surface area contributed by atoms with Crippen molar-refractivity contribution in [3.63, 3.8) is 0 Å². The molecule has 0 aromatic carbocycles. The third-order valence-corrected chi connectivity index (χ3v) is 2.42. The number of rotatable bonds is 4. The van der Waals surface area contributed by atoms with Crippen molar-refractivity contribution in [2.24, 2.45) is 0 Å². The molecule has 0 fully saturated rings. The minimum atomic E-state index is 0.0303. The number of hydrogen-bond donors (Lipinski definition) is 0. The Morgan fingerprint density at radius 1 is 1.44 bits per heavy atom. The summed E-state index contributed by atoms with van der Waals surface area (Å²) in [5, 5.41) is 0. The molecule has 1 rings (SSSR count). The van der Waals surface area contributed by atoms with Gasteiger partial charge in [-0.25, -0.2) is 0 Å². The van der Waals surface area contributed by atoms with E-state index < -0.39 is 0 Å². The summed E-state index contributed by atoms with van der Waals surface area (Å²) in [5.74, 6) is 7.69. The van der Waals surface area contributed by atoms with Gasteiger partial charge < -0.3 is 4.90 Å². The highest BCUT2D eigenvalue weighted by molar-refractivity contribution is 5.88. The molecule has 1 aliphatic rings. The molecule has 18 heavy (non-hydrogen) atoms. The summed E-state index contributed by atoms with van der Waals surface area (Å²) >= 11 is 0. The minimum Gasteiger partial charge on any atom is -0.316 e. The van der Waals surface area contributed by atoms with Crippen molar-refractivity contribution in [1.29, 1.82) is 0 Å². The highest BCUT2D eigenvalue weighted by Gasteiger charge is 2.08. The lowest BCUT2D eigenvalue weighted by Gasteiger charge is -2.19. The number of unbranched alkanes of at least 4 members (excludes halogenated alkanes) is 1. The molecule has 92 valence electrons. The zero-order valence-corrected chi connectivity index (χ0v) is 10.4. The predicted octanol–water partition coefficient (Wildman–Crippen LogP) is 2.65. The van der Waals surface area contributed by atoms with Crippen LogP contribution in [-0.2, 0) is 4.79 Å². The Balaban J connectivity index is 2.25. The van der Waals surface area contributed by atoms with Crippen LogP contribution in [0.2, 0.25) is 0 Å². The van der Waals surface area contributed by atoms with Crippen molar-refractivity contribution in [2.45, 2.75) is 25.7 Å². The van der Waals surface area contributed by atoms with Gasteiger partial charge in [0.25, 0.3) is 0 Å². The maximum atomic E-state index is 11.7. The van der Waals surface area contributed by atoms with Gasteiger partial charge in [-0.15, -0.1) is 6.42 Å². The number of allylic oxidation sites excluding steroid dienone is 4. The Hall–Kier alpha value is -2.19. The molecule has 2 nitrogen and oxygen atoms in total. The first-order valence-corrected chi connectivity index (χ1v) is 6.08. The first-order chi connectivity index (χ1) is 8.84. The molecule has 1 amide bonds. The van der Waals surface area contributed by atoms with E-state index in [1.807, 2.05) is 24.4 Å². The lowest BCUT2D eigenvalue weighted by atomic mass is 10.2. The molecule has 1 aliphatic heterocycles. The highest BCUT2D eigenvalue weighted by atomic mass is 16.2. The molecule has 0 saturated heterocycles. The molecule has 1 heterocycles. The van der Waals surface area contributed by atoms with Gasteiger partial charge in [-0.1, -0.05) is 30.2 Å². The fraction of sp³-hybridized carbons (Fsp3) is 0.312. The van der Waals surface area contributed by atoms with E-state index in [1.165, 1.54) is 0 Å². The van der Waals surface area contributed by atoms with Crippen molar-refractivity contribution >= 4 is 5.91 Å². The van der Waals surface area contributed by atoms with E-state index in [4.69, 9.17) is 6.42 Å². The van der Waals surface area contributed by atoms with E-state index in [0.717, 1.165) is 32.2 Å². The maximum absolute atomic E-state index is 11.7. The van der Waals surface area contributed by atoms with Gasteiger partial charge in [0.1, 0.15) is 0 Å². The van der Waals surface area contributed by atoms with Crippen LogP contribution in [0.4, 0.5) is 0 Å². The summed E-state index contributed by atoms with van der Waals surface area (Å²) in [6.07, 6.45) is 19.8. The molecular weight excluding hydrogens is 222 g/mol. The van der Waals surface area contributed by atoms with E-state index in [9.17, 15) is 4.79 Å². The molecule has 0 aromatic rings. The molecule has 2 heteroatoms. The second-order valence-electron chi connectivity index (χ2n) is 3.83. The summed E-state index contributed by atoms with van der Waals surface area (Å²) in [6.45, 7) is 0.811. The Morgan fingerprint density at radius 3 is 3.06 bits per heavy atom. The van der Waals surface area contributed by atoms with Crippen molar-refractivity contribution in [3.8, 4) is 24.2 Å². The van der Waals surface area contributed by atoms with Gasteiger partial charge in [0, 0.05) is 25.2 Å². The van der Waals surface area contributed by atoms with Crippen LogP contribution >= 0.6 is 0 Å². The Labute approximate surface area is 109 Å². The molecule has 0 unspecified atom stereocenters. The third kappa shape index (κ3) is 5.77. The predicted molar refractivity (Wildman–Crippen MR) is 74.2 cm³/mol. The summed E-state index contributed by atoms with van der Waals surface area (Å²) in [7, 11) is 0. The molecule has 0 aromatic heterocycles. The zero-order valence-electron chi connectivity index (χ0n) is 10.4. The van der Waals surface area contributed by atoms with Crippen LogP contribution in [0, 0.1) is 24.2 Å². The molecule has 0 radical (unpaired) electrons. The third-order valence-electron chi connectivity index (χ3n) is 2.42. The standard InChI is InChI=1S/C16H17NO/c1-2-3-4-5-6-7-8-10-13-16(18)17-14-11-9-12-15-17/h1,7-8,10-11,13-14H,5-6,9,12,15H2/b8-7+,13-10+. The van der Waals surface area contributed by atoms with E-state index in [-0.39, 0.29) is 5.91 Å². The minimum absolute atomic E-state index is 0.0303. The number of terminal acetylenes is 1. The highest BCUT2D eigenvalue weighted by Crippen LogP contribution is 2.06. The van der Waals surface area contributed by atoms with Crippen LogP contribution < -0.4 is 0 Å². The van der Waals surface area contributed by atoms with Gasteiger partial charge in [0.2, 0.25) is 5.91 Å². The van der Waals surface area contributed by atoms with Gasteiger partial charge in [-0.3, -0.25) is 4.79 Å². The zero-order chi connectivity index (χ0) is 13.1. The van der Waals surface area contributed by atoms with E-state index in [1.54, 1.807) is 17.1 Å². The van der Waals surface area contributed by atoms with E-state index >= 15 is 0 Å². The lowest BCUT2D eigenvalue weighted by Crippen LogP contribution is -2.26. The van der Waals surface area contributed by atoms with Crippen LogP contribution in [-0.4, -0.2) is 17.4 Å². The number of hydrogen-bond acceptors (Lipinski definition) is 1. The summed E-state index contributed by atoms with van der Waals surface area (Å²) in [4.78, 5) is 13.4. The molecule has 0 N–H and O–H groups in total. The van der Waals surface area contributed by atoms with Gasteiger partial charge >= 0.3 is 0 Å². The largest absolute Gasteiger partial charge is 0.316 e. The number of carbonyl (C=O) groups excluding carboxylic acids is 1. The van der Waals surface area contributed by atoms with Crippen LogP contribution in [0.15, 0.2) is 36.6 Å². The second-order valence-corrected chi connectivity index (χ2v) is 3.83. The summed E-state index contributed by atoms with van der Waals surface area (Å²) in [5.41, 5.74) is 0. The average Bonchev–Trinajstić information content (AvgIpc) is 2.42. The van der Waals surface area contributed by atoms with Crippen LogP contribution in [0.3, 0.4) is 0 Å². The van der Waals surface area contributed by atoms with Crippen molar-refractivity contribution in [3.05, 3.63) is 36.6 Å².